The smallest absolute Gasteiger partial charge is 0.236 e. The van der Waals surface area contributed by atoms with Gasteiger partial charge in [-0.15, -0.1) is 11.3 Å². The predicted octanol–water partition coefficient (Wildman–Crippen LogP) is 36.1. The standard InChI is InChI=1S/C51H33N3.C48H27N3S.C36H21N3O/c1-51(2)44-22-12-11-21-40(44)49-47(51)48(34-23-24-39-37-19-8-7-17-35(37)36-18-9-10-20-38(36)41(39)27-34)52-50(53-49)54-45-28-32-15-5-3-13-30(32)25-42(45)43-26-31-14-4-6-16-33(31)29-46(43)54;1-2-13-30-27-42-40(25-29(30)12-1)44-32-14-4-3-11-28(32)22-24-41(44)51(42)48-49-45(47-46(50-48)38-19-9-10-20-43(38)52-47)31-21-23-37-35-17-6-5-15-33(35)34-16-7-8-18-36(34)39(37)26-31;1-2-11-23(12-3-1)33-35-34(27-16-8-9-17-31(27)40-35)38-36(37-33)39-29-19-18-22-10-6-7-15-26(22)32(29)28-20-24-13-4-5-14-25(24)21-30(28)39/h3-29H,1-2H3;1-27H;1-21H/i;;1D,2D,3D,11D,12D. The molecule has 8 heterocycles. The molecule has 0 saturated heterocycles. The van der Waals surface area contributed by atoms with Gasteiger partial charge in [-0.3, -0.25) is 13.7 Å². The summed E-state index contributed by atoms with van der Waals surface area (Å²) in [5.41, 5.74) is 17.1. The van der Waals surface area contributed by atoms with Crippen LogP contribution in [0.3, 0.4) is 0 Å². The molecule has 146 heavy (non-hydrogen) atoms. The highest BCUT2D eigenvalue weighted by molar-refractivity contribution is 7.26. The van der Waals surface area contributed by atoms with E-state index in [1.807, 2.05) is 53.1 Å². The monoisotopic (exact) mass is 1880 g/mol. The van der Waals surface area contributed by atoms with E-state index < -0.39 is 18.1 Å². The second-order valence-corrected chi connectivity index (χ2v) is 40.1. The van der Waals surface area contributed by atoms with Gasteiger partial charge in [0.05, 0.1) is 67.3 Å². The SMILES string of the molecule is CC1(C)c2ccccc2-c2nc(-n3c4cc5ccccc5cc4c4cc5ccccc5cc43)nc(-c3ccc4c5ccccc5c5ccccc5c4c3)c21.[2H]c1c([2H])c([2H])c(-c2nc(-n3c4cc5ccccc5cc4c4c5ccccc5ccc43)nc3c2oc2ccccc23)c([2H])c1[2H].c1ccc2cc3c(cc2c1)c1c2ccccc2ccc1n3-c1nc(-c2ccc3c4ccccc4c4ccccc4c3c2)c2sc3ccccc3c2n1. The minimum absolute atomic E-state index is 0.0367. The summed E-state index contributed by atoms with van der Waals surface area (Å²) in [5, 5.41) is 38.0. The lowest BCUT2D eigenvalue weighted by atomic mass is 9.80. The molecule has 32 aromatic rings. The van der Waals surface area contributed by atoms with E-state index in [9.17, 15) is 0 Å². The zero-order valence-electron chi connectivity index (χ0n) is 83.8. The van der Waals surface area contributed by atoms with Crippen LogP contribution < -0.4 is 0 Å². The molecule has 33 rings (SSSR count). The molecule has 0 bridgehead atoms. The molecule has 11 heteroatoms. The third-order valence-corrected chi connectivity index (χ3v) is 31.9. The number of thiophene rings is 1. The predicted molar refractivity (Wildman–Crippen MR) is 613 cm³/mol. The van der Waals surface area contributed by atoms with Crippen molar-refractivity contribution in [1.29, 1.82) is 0 Å². The molecule has 10 nitrogen and oxygen atoms in total. The van der Waals surface area contributed by atoms with Crippen LogP contribution in [-0.2, 0) is 5.41 Å². The number of hydrogen-bond acceptors (Lipinski definition) is 8. The number of hydrogen-bond donors (Lipinski definition) is 0. The molecular weight excluding hydrogens is 1800 g/mol. The van der Waals surface area contributed by atoms with E-state index in [2.05, 4.69) is 399 Å². The molecule has 0 radical (unpaired) electrons. The van der Waals surface area contributed by atoms with Crippen LogP contribution in [0.5, 0.6) is 0 Å². The van der Waals surface area contributed by atoms with Crippen molar-refractivity contribution in [1.82, 2.24) is 43.6 Å². The Labute approximate surface area is 845 Å². The maximum absolute atomic E-state index is 8.79. The first kappa shape index (κ1) is 76.9. The Kier molecular flexibility index (Phi) is 16.6. The fourth-order valence-corrected chi connectivity index (χ4v) is 25.2. The van der Waals surface area contributed by atoms with Crippen molar-refractivity contribution >= 4 is 248 Å². The van der Waals surface area contributed by atoms with Gasteiger partial charge in [0.15, 0.2) is 5.58 Å². The Bertz CT molecular complexity index is 11500. The Hall–Kier alpha value is -18.9. The fraction of sp³-hybridized carbons (Fsp3) is 0.0222. The summed E-state index contributed by atoms with van der Waals surface area (Å²) in [5.74, 6) is 1.67. The maximum atomic E-state index is 8.79. The van der Waals surface area contributed by atoms with Crippen LogP contribution in [0.2, 0.25) is 0 Å². The van der Waals surface area contributed by atoms with Crippen molar-refractivity contribution < 1.29 is 11.3 Å². The van der Waals surface area contributed by atoms with E-state index in [4.69, 9.17) is 41.2 Å². The fourth-order valence-electron chi connectivity index (χ4n) is 24.1. The van der Waals surface area contributed by atoms with E-state index in [0.29, 0.717) is 28.9 Å². The van der Waals surface area contributed by atoms with Gasteiger partial charge >= 0.3 is 0 Å². The molecule has 0 unspecified atom stereocenters. The number of aromatic nitrogens is 9. The van der Waals surface area contributed by atoms with Gasteiger partial charge in [0.2, 0.25) is 17.8 Å². The van der Waals surface area contributed by atoms with E-state index >= 15 is 0 Å². The van der Waals surface area contributed by atoms with Crippen LogP contribution in [0.15, 0.2) is 459 Å². The second-order valence-electron chi connectivity index (χ2n) is 39.0. The molecule has 0 aliphatic heterocycles. The molecule has 0 fully saturated rings. The molecule has 0 N–H and O–H groups in total. The summed E-state index contributed by atoms with van der Waals surface area (Å²) in [4.78, 5) is 32.4. The molecule has 1 aliphatic rings. The van der Waals surface area contributed by atoms with Crippen molar-refractivity contribution in [2.45, 2.75) is 19.3 Å². The van der Waals surface area contributed by atoms with Crippen molar-refractivity contribution in [3.8, 4) is 62.9 Å². The summed E-state index contributed by atoms with van der Waals surface area (Å²) in [6, 6.07) is 150. The van der Waals surface area contributed by atoms with Gasteiger partial charge < -0.3 is 4.42 Å². The van der Waals surface area contributed by atoms with Crippen molar-refractivity contribution in [2.75, 3.05) is 0 Å². The van der Waals surface area contributed by atoms with Gasteiger partial charge in [-0.25, -0.2) is 29.9 Å². The zero-order chi connectivity index (χ0) is 100. The van der Waals surface area contributed by atoms with Crippen LogP contribution in [-0.4, -0.2) is 43.6 Å². The first-order valence-electron chi connectivity index (χ1n) is 51.9. The van der Waals surface area contributed by atoms with Gasteiger partial charge in [-0.1, -0.05) is 378 Å². The lowest BCUT2D eigenvalue weighted by Crippen LogP contribution is -2.18. The minimum Gasteiger partial charge on any atom is -0.452 e. The normalized spacial score (nSPS) is 13.1. The number of nitrogens with zero attached hydrogens (tertiary/aromatic N) is 9. The highest BCUT2D eigenvalue weighted by Crippen LogP contribution is 2.54. The zero-order valence-corrected chi connectivity index (χ0v) is 79.6. The summed E-state index contributed by atoms with van der Waals surface area (Å²) < 4.78 is 57.7. The summed E-state index contributed by atoms with van der Waals surface area (Å²) >= 11 is 1.78. The summed E-state index contributed by atoms with van der Waals surface area (Å²) in [7, 11) is 0. The number of rotatable bonds is 6. The molecule has 24 aromatic carbocycles. The molecular formula is C135H81N9OS. The number of fused-ring (bicyclic) bond motifs is 38. The minimum atomic E-state index is -0.468. The van der Waals surface area contributed by atoms with Crippen LogP contribution in [0.25, 0.3) is 300 Å². The van der Waals surface area contributed by atoms with E-state index in [-0.39, 0.29) is 34.3 Å². The molecule has 0 spiro atoms. The molecule has 0 atom stereocenters. The number of benzene rings is 24. The van der Waals surface area contributed by atoms with Crippen molar-refractivity contribution in [2.24, 2.45) is 0 Å². The number of para-hydroxylation sites is 1. The molecule has 0 saturated carbocycles. The topological polar surface area (TPSA) is 105 Å². The Morgan fingerprint density at radius 1 is 0.247 bits per heavy atom. The lowest BCUT2D eigenvalue weighted by molar-refractivity contribution is 0.657. The lowest BCUT2D eigenvalue weighted by Gasteiger charge is -2.24. The second kappa shape index (κ2) is 31.5. The van der Waals surface area contributed by atoms with Gasteiger partial charge in [0, 0.05) is 81.0 Å². The van der Waals surface area contributed by atoms with E-state index in [1.54, 1.807) is 11.3 Å². The van der Waals surface area contributed by atoms with E-state index in [0.717, 1.165) is 115 Å². The van der Waals surface area contributed by atoms with Crippen molar-refractivity contribution in [3.05, 3.63) is 466 Å². The highest BCUT2D eigenvalue weighted by Gasteiger charge is 2.41. The first-order valence-corrected chi connectivity index (χ1v) is 50.3. The molecule has 8 aromatic heterocycles. The Morgan fingerprint density at radius 3 is 1.09 bits per heavy atom. The van der Waals surface area contributed by atoms with Gasteiger partial charge in [0.25, 0.3) is 0 Å². The first-order chi connectivity index (χ1) is 74.2. The molecule has 1 aliphatic carbocycles. The Balaban J connectivity index is 0.000000102. The van der Waals surface area contributed by atoms with Gasteiger partial charge in [-0.05, 0) is 226 Å². The van der Waals surface area contributed by atoms with Crippen LogP contribution in [0.1, 0.15) is 31.8 Å². The van der Waals surface area contributed by atoms with Gasteiger partial charge in [-0.2, -0.15) is 0 Å². The van der Waals surface area contributed by atoms with Crippen LogP contribution >= 0.6 is 11.3 Å². The summed E-state index contributed by atoms with van der Waals surface area (Å²) in [6.07, 6.45) is 0. The largest absolute Gasteiger partial charge is 0.452 e. The molecule has 678 valence electrons. The highest BCUT2D eigenvalue weighted by atomic mass is 32.1. The third kappa shape index (κ3) is 12.3. The number of furan rings is 1. The quantitative estimate of drug-likeness (QED) is 0.153. The van der Waals surface area contributed by atoms with Gasteiger partial charge in [0.1, 0.15) is 16.8 Å². The average molecular weight is 1880 g/mol. The summed E-state index contributed by atoms with van der Waals surface area (Å²) in [6.45, 7) is 4.65. The van der Waals surface area contributed by atoms with Crippen LogP contribution in [0, 0.1) is 0 Å². The Morgan fingerprint density at radius 2 is 0.596 bits per heavy atom. The third-order valence-electron chi connectivity index (χ3n) is 30.7. The van der Waals surface area contributed by atoms with Crippen LogP contribution in [0.4, 0.5) is 0 Å². The molecule has 0 amide bonds. The average Bonchev–Trinajstić information content (AvgIpc) is 1.56. The van der Waals surface area contributed by atoms with Crippen molar-refractivity contribution in [3.63, 3.8) is 0 Å². The van der Waals surface area contributed by atoms with E-state index in [1.165, 1.54) is 151 Å². The maximum Gasteiger partial charge on any atom is 0.236 e.